The minimum atomic E-state index is -0.523. The van der Waals surface area contributed by atoms with Gasteiger partial charge in [0.05, 0.1) is 5.69 Å². The molecule has 1 unspecified atom stereocenters. The molecule has 3 rings (SSSR count). The van der Waals surface area contributed by atoms with Crippen molar-refractivity contribution in [3.63, 3.8) is 0 Å². The van der Waals surface area contributed by atoms with Gasteiger partial charge in [-0.05, 0) is 62.6 Å². The molecule has 1 saturated heterocycles. The van der Waals surface area contributed by atoms with Crippen molar-refractivity contribution in [3.05, 3.63) is 58.6 Å². The number of carbonyl (C=O) groups excluding carboxylic acids is 2. The molecule has 6 nitrogen and oxygen atoms in total. The zero-order valence-electron chi connectivity index (χ0n) is 18.6. The molecule has 2 aromatic rings. The fourth-order valence-electron chi connectivity index (χ4n) is 3.29. The lowest BCUT2D eigenvalue weighted by atomic mass is 10.1. The number of halogens is 1. The van der Waals surface area contributed by atoms with E-state index in [2.05, 4.69) is 5.32 Å². The maximum absolute atomic E-state index is 13.1. The standard InChI is InChI=1S/C24H28ClN3O3S/c1-4-31-12-6-11-28-23(30)21(15-22(29)26-19-8-5-7-18(25)14-19)32-24(28)27-20-13-16(2)9-10-17(20)3/h5,7-10,13-14,21H,4,6,11-12,15H2,1-3H3,(H,26,29). The molecule has 0 saturated carbocycles. The predicted molar refractivity (Wildman–Crippen MR) is 132 cm³/mol. The maximum Gasteiger partial charge on any atom is 0.242 e. The van der Waals surface area contributed by atoms with Crippen LogP contribution in [-0.2, 0) is 14.3 Å². The molecule has 1 heterocycles. The zero-order valence-corrected chi connectivity index (χ0v) is 20.1. The van der Waals surface area contributed by atoms with Crippen molar-refractivity contribution < 1.29 is 14.3 Å². The minimum Gasteiger partial charge on any atom is -0.382 e. The number of anilines is 1. The number of ether oxygens (including phenoxy) is 1. The van der Waals surface area contributed by atoms with E-state index in [-0.39, 0.29) is 18.2 Å². The molecule has 1 aliphatic rings. The number of nitrogens with one attached hydrogen (secondary N) is 1. The molecule has 170 valence electrons. The average molecular weight is 474 g/mol. The second kappa shape index (κ2) is 11.5. The maximum atomic E-state index is 13.1. The van der Waals surface area contributed by atoms with Crippen LogP contribution < -0.4 is 5.32 Å². The molecular formula is C24H28ClN3O3S. The number of hydrogen-bond donors (Lipinski definition) is 1. The fourth-order valence-corrected chi connectivity index (χ4v) is 4.66. The number of amidine groups is 1. The van der Waals surface area contributed by atoms with Crippen LogP contribution in [0.1, 0.15) is 30.9 Å². The van der Waals surface area contributed by atoms with Crippen LogP contribution in [0.5, 0.6) is 0 Å². The van der Waals surface area contributed by atoms with Crippen molar-refractivity contribution in [3.8, 4) is 0 Å². The molecule has 0 radical (unpaired) electrons. The van der Waals surface area contributed by atoms with Gasteiger partial charge in [0, 0.05) is 36.9 Å². The number of rotatable bonds is 9. The Morgan fingerprint density at radius 1 is 1.25 bits per heavy atom. The Labute approximate surface area is 198 Å². The van der Waals surface area contributed by atoms with Crippen LogP contribution in [0.4, 0.5) is 11.4 Å². The monoisotopic (exact) mass is 473 g/mol. The largest absolute Gasteiger partial charge is 0.382 e. The third-order valence-electron chi connectivity index (χ3n) is 4.95. The second-order valence-corrected chi connectivity index (χ2v) is 9.20. The first-order chi connectivity index (χ1) is 15.4. The van der Waals surface area contributed by atoms with Gasteiger partial charge in [-0.2, -0.15) is 0 Å². The number of carbonyl (C=O) groups is 2. The molecule has 2 amide bonds. The first-order valence-electron chi connectivity index (χ1n) is 10.6. The van der Waals surface area contributed by atoms with E-state index in [9.17, 15) is 9.59 Å². The van der Waals surface area contributed by atoms with Crippen LogP contribution in [0.3, 0.4) is 0 Å². The van der Waals surface area contributed by atoms with Crippen LogP contribution >= 0.6 is 23.4 Å². The number of hydrogen-bond acceptors (Lipinski definition) is 5. The number of thioether (sulfide) groups is 1. The van der Waals surface area contributed by atoms with E-state index in [1.54, 1.807) is 29.2 Å². The second-order valence-electron chi connectivity index (χ2n) is 7.59. The molecule has 1 N–H and O–H groups in total. The fraction of sp³-hybridized carbons (Fsp3) is 0.375. The SMILES string of the molecule is CCOCCCN1C(=O)C(CC(=O)Nc2cccc(Cl)c2)SC1=Nc1cc(C)ccc1C. The number of aliphatic imine (C=N–C) groups is 1. The Hall–Kier alpha value is -2.35. The Balaban J connectivity index is 1.76. The van der Waals surface area contributed by atoms with Gasteiger partial charge in [-0.25, -0.2) is 4.99 Å². The summed E-state index contributed by atoms with van der Waals surface area (Å²) in [5, 5.41) is 3.46. The van der Waals surface area contributed by atoms with E-state index >= 15 is 0 Å². The van der Waals surface area contributed by atoms with Crippen molar-refractivity contribution >= 4 is 51.7 Å². The van der Waals surface area contributed by atoms with Gasteiger partial charge >= 0.3 is 0 Å². The van der Waals surface area contributed by atoms with E-state index in [0.29, 0.717) is 42.1 Å². The summed E-state index contributed by atoms with van der Waals surface area (Å²) in [6, 6.07) is 13.0. The molecule has 2 aromatic carbocycles. The number of nitrogens with zero attached hydrogens (tertiary/aromatic N) is 2. The van der Waals surface area contributed by atoms with E-state index in [0.717, 1.165) is 16.8 Å². The zero-order chi connectivity index (χ0) is 23.1. The van der Waals surface area contributed by atoms with Crippen LogP contribution in [0.2, 0.25) is 5.02 Å². The highest BCUT2D eigenvalue weighted by molar-refractivity contribution is 8.15. The molecule has 0 aliphatic carbocycles. The molecule has 1 fully saturated rings. The molecule has 0 aromatic heterocycles. The van der Waals surface area contributed by atoms with Crippen LogP contribution in [-0.4, -0.2) is 46.9 Å². The van der Waals surface area contributed by atoms with Crippen molar-refractivity contribution in [2.45, 2.75) is 38.9 Å². The van der Waals surface area contributed by atoms with Crippen molar-refractivity contribution in [1.82, 2.24) is 4.90 Å². The summed E-state index contributed by atoms with van der Waals surface area (Å²) in [4.78, 5) is 32.2. The number of aryl methyl sites for hydroxylation is 2. The highest BCUT2D eigenvalue weighted by atomic mass is 35.5. The number of benzene rings is 2. The van der Waals surface area contributed by atoms with Crippen molar-refractivity contribution in [2.75, 3.05) is 25.1 Å². The normalized spacial score (nSPS) is 17.2. The molecule has 0 bridgehead atoms. The van der Waals surface area contributed by atoms with Gasteiger partial charge in [0.15, 0.2) is 5.17 Å². The summed E-state index contributed by atoms with van der Waals surface area (Å²) in [5.41, 5.74) is 3.58. The van der Waals surface area contributed by atoms with Gasteiger partial charge in [-0.1, -0.05) is 41.6 Å². The minimum absolute atomic E-state index is 0.0593. The molecule has 1 aliphatic heterocycles. The van der Waals surface area contributed by atoms with Crippen molar-refractivity contribution in [2.24, 2.45) is 4.99 Å². The summed E-state index contributed by atoms with van der Waals surface area (Å²) in [5.74, 6) is -0.336. The number of amides is 2. The third-order valence-corrected chi connectivity index (χ3v) is 6.36. The summed E-state index contributed by atoms with van der Waals surface area (Å²) in [6.45, 7) is 7.66. The summed E-state index contributed by atoms with van der Waals surface area (Å²) < 4.78 is 5.42. The van der Waals surface area contributed by atoms with Crippen LogP contribution in [0.25, 0.3) is 0 Å². The molecule has 1 atom stereocenters. The summed E-state index contributed by atoms with van der Waals surface area (Å²) in [7, 11) is 0. The van der Waals surface area contributed by atoms with E-state index in [1.165, 1.54) is 11.8 Å². The molecule has 8 heteroatoms. The smallest absolute Gasteiger partial charge is 0.242 e. The lowest BCUT2D eigenvalue weighted by Gasteiger charge is -2.16. The first kappa shape index (κ1) is 24.3. The van der Waals surface area contributed by atoms with Gasteiger partial charge in [0.1, 0.15) is 5.25 Å². The van der Waals surface area contributed by atoms with Crippen LogP contribution in [0, 0.1) is 13.8 Å². The molecule has 32 heavy (non-hydrogen) atoms. The summed E-state index contributed by atoms with van der Waals surface area (Å²) in [6.07, 6.45) is 0.761. The lowest BCUT2D eigenvalue weighted by molar-refractivity contribution is -0.128. The van der Waals surface area contributed by atoms with Crippen LogP contribution in [0.15, 0.2) is 47.5 Å². The Bertz CT molecular complexity index is 1010. The van der Waals surface area contributed by atoms with Gasteiger partial charge in [0.25, 0.3) is 0 Å². The van der Waals surface area contributed by atoms with E-state index in [1.807, 2.05) is 39.0 Å². The Kier molecular flexibility index (Phi) is 8.73. The molecular weight excluding hydrogens is 446 g/mol. The topological polar surface area (TPSA) is 71.0 Å². The van der Waals surface area contributed by atoms with Gasteiger partial charge in [-0.3, -0.25) is 14.5 Å². The van der Waals surface area contributed by atoms with Crippen molar-refractivity contribution in [1.29, 1.82) is 0 Å². The lowest BCUT2D eigenvalue weighted by Crippen LogP contribution is -2.34. The highest BCUT2D eigenvalue weighted by Crippen LogP contribution is 2.33. The van der Waals surface area contributed by atoms with Gasteiger partial charge in [0.2, 0.25) is 11.8 Å². The molecule has 0 spiro atoms. The average Bonchev–Trinajstić information content (AvgIpc) is 3.02. The highest BCUT2D eigenvalue weighted by Gasteiger charge is 2.39. The summed E-state index contributed by atoms with van der Waals surface area (Å²) >= 11 is 7.33. The first-order valence-corrected chi connectivity index (χ1v) is 11.9. The van der Waals surface area contributed by atoms with E-state index < -0.39 is 5.25 Å². The van der Waals surface area contributed by atoms with E-state index in [4.69, 9.17) is 21.3 Å². The van der Waals surface area contributed by atoms with Gasteiger partial charge < -0.3 is 10.1 Å². The predicted octanol–water partition coefficient (Wildman–Crippen LogP) is 5.34. The Morgan fingerprint density at radius 3 is 2.81 bits per heavy atom. The third kappa shape index (κ3) is 6.58. The Morgan fingerprint density at radius 2 is 2.06 bits per heavy atom. The quantitative estimate of drug-likeness (QED) is 0.499. The van der Waals surface area contributed by atoms with Gasteiger partial charge in [-0.15, -0.1) is 0 Å².